The molecular weight excluding hydrogens is 328 g/mol. The van der Waals surface area contributed by atoms with E-state index in [1.165, 1.54) is 19.3 Å². The zero-order valence-electron chi connectivity index (χ0n) is 15.1. The fourth-order valence-corrected chi connectivity index (χ4v) is 3.81. The van der Waals surface area contributed by atoms with E-state index in [4.69, 9.17) is 0 Å². The minimum Gasteiger partial charge on any atom is -0.396 e. The van der Waals surface area contributed by atoms with Crippen LogP contribution in [0, 0.1) is 5.92 Å². The Kier molecular flexibility index (Phi) is 6.66. The largest absolute Gasteiger partial charge is 0.396 e. The molecule has 1 heterocycles. The summed E-state index contributed by atoms with van der Waals surface area (Å²) >= 11 is 0. The number of aliphatic hydroxyl groups excluding tert-OH is 1. The third kappa shape index (κ3) is 4.85. The summed E-state index contributed by atoms with van der Waals surface area (Å²) in [6.45, 7) is 0.543. The average Bonchev–Trinajstić information content (AvgIpc) is 3.21. The zero-order valence-corrected chi connectivity index (χ0v) is 15.1. The van der Waals surface area contributed by atoms with Gasteiger partial charge in [0.1, 0.15) is 0 Å². The fraction of sp³-hybridized carbons (Fsp3) is 0.500. The van der Waals surface area contributed by atoms with Gasteiger partial charge in [0.25, 0.3) is 0 Å². The number of imidazole rings is 1. The van der Waals surface area contributed by atoms with E-state index < -0.39 is 0 Å². The highest BCUT2D eigenvalue weighted by atomic mass is 16.3. The van der Waals surface area contributed by atoms with Gasteiger partial charge in [0.05, 0.1) is 12.0 Å². The van der Waals surface area contributed by atoms with Gasteiger partial charge in [0.2, 0.25) is 0 Å². The number of para-hydroxylation sites is 1. The number of amides is 2. The van der Waals surface area contributed by atoms with E-state index in [1.54, 1.807) is 12.5 Å². The minimum absolute atomic E-state index is 0.0455. The van der Waals surface area contributed by atoms with Crippen LogP contribution in [-0.4, -0.2) is 33.3 Å². The van der Waals surface area contributed by atoms with Crippen LogP contribution in [0.5, 0.6) is 0 Å². The van der Waals surface area contributed by atoms with Crippen LogP contribution < -0.4 is 10.6 Å². The summed E-state index contributed by atoms with van der Waals surface area (Å²) in [5.74, 6) is 0.472. The Hall–Kier alpha value is -2.34. The molecule has 6 nitrogen and oxygen atoms in total. The quantitative estimate of drug-likeness (QED) is 0.713. The van der Waals surface area contributed by atoms with Crippen molar-refractivity contribution >= 4 is 6.03 Å². The Labute approximate surface area is 154 Å². The number of rotatable bonds is 7. The molecule has 3 rings (SSSR count). The zero-order chi connectivity index (χ0) is 18.2. The molecule has 1 aromatic heterocycles. The standard InChI is InChI=1S/C20H28N4O2/c25-13-10-18(16-6-2-1-3-7-16)23-20(26)22-14-17-8-4-5-9-19(17)24-12-11-21-15-24/h4-5,8-9,11-12,15-16,18,25H,1-3,6-7,10,13-14H2,(H2,22,23,26). The first kappa shape index (κ1) is 18.5. The van der Waals surface area contributed by atoms with Crippen molar-refractivity contribution in [2.24, 2.45) is 5.92 Å². The SMILES string of the molecule is O=C(NCc1ccccc1-n1ccnc1)NC(CCO)C1CCCCC1. The topological polar surface area (TPSA) is 79.2 Å². The highest BCUT2D eigenvalue weighted by Gasteiger charge is 2.24. The van der Waals surface area contributed by atoms with Gasteiger partial charge in [-0.1, -0.05) is 37.5 Å². The number of benzene rings is 1. The molecule has 1 fully saturated rings. The smallest absolute Gasteiger partial charge is 0.315 e. The van der Waals surface area contributed by atoms with Crippen LogP contribution in [0.1, 0.15) is 44.1 Å². The molecule has 1 aliphatic rings. The van der Waals surface area contributed by atoms with Crippen LogP contribution in [-0.2, 0) is 6.54 Å². The molecule has 0 spiro atoms. The van der Waals surface area contributed by atoms with Crippen molar-refractivity contribution in [3.63, 3.8) is 0 Å². The number of carbonyl (C=O) groups is 1. The molecule has 0 aliphatic heterocycles. The number of aromatic nitrogens is 2. The Bertz CT molecular complexity index is 681. The maximum atomic E-state index is 12.4. The minimum atomic E-state index is -0.172. The van der Waals surface area contributed by atoms with Crippen LogP contribution in [0.25, 0.3) is 5.69 Å². The second-order valence-electron chi connectivity index (χ2n) is 6.94. The Balaban J connectivity index is 1.58. The Morgan fingerprint density at radius 3 is 2.81 bits per heavy atom. The molecule has 1 saturated carbocycles. The van der Waals surface area contributed by atoms with E-state index in [0.717, 1.165) is 24.1 Å². The first-order chi connectivity index (χ1) is 12.8. The van der Waals surface area contributed by atoms with Crippen molar-refractivity contribution in [2.45, 2.75) is 51.1 Å². The van der Waals surface area contributed by atoms with Crippen molar-refractivity contribution in [3.8, 4) is 5.69 Å². The third-order valence-electron chi connectivity index (χ3n) is 5.19. The summed E-state index contributed by atoms with van der Waals surface area (Å²) in [5, 5.41) is 15.4. The van der Waals surface area contributed by atoms with E-state index >= 15 is 0 Å². The van der Waals surface area contributed by atoms with Gasteiger partial charge in [-0.15, -0.1) is 0 Å². The Morgan fingerprint density at radius 2 is 2.08 bits per heavy atom. The molecule has 3 N–H and O–H groups in total. The van der Waals surface area contributed by atoms with E-state index in [1.807, 2.05) is 35.0 Å². The lowest BCUT2D eigenvalue weighted by atomic mass is 9.83. The van der Waals surface area contributed by atoms with Crippen molar-refractivity contribution in [1.29, 1.82) is 0 Å². The van der Waals surface area contributed by atoms with Gasteiger partial charge in [-0.25, -0.2) is 9.78 Å². The summed E-state index contributed by atoms with van der Waals surface area (Å²) in [7, 11) is 0. The molecule has 2 aromatic rings. The number of urea groups is 1. The monoisotopic (exact) mass is 356 g/mol. The maximum Gasteiger partial charge on any atom is 0.315 e. The predicted molar refractivity (Wildman–Crippen MR) is 101 cm³/mol. The number of nitrogens with one attached hydrogen (secondary N) is 2. The first-order valence-electron chi connectivity index (χ1n) is 9.49. The van der Waals surface area contributed by atoms with E-state index in [2.05, 4.69) is 15.6 Å². The molecule has 1 atom stereocenters. The number of nitrogens with zero attached hydrogens (tertiary/aromatic N) is 2. The second-order valence-corrected chi connectivity index (χ2v) is 6.94. The summed E-state index contributed by atoms with van der Waals surface area (Å²) in [6.07, 6.45) is 12.0. The van der Waals surface area contributed by atoms with E-state index in [0.29, 0.717) is 18.9 Å². The van der Waals surface area contributed by atoms with Gasteiger partial charge in [-0.3, -0.25) is 0 Å². The molecular formula is C20H28N4O2. The van der Waals surface area contributed by atoms with E-state index in [-0.39, 0.29) is 18.7 Å². The molecule has 0 bridgehead atoms. The highest BCUT2D eigenvalue weighted by molar-refractivity contribution is 5.74. The predicted octanol–water partition coefficient (Wildman–Crippen LogP) is 3.00. The number of hydrogen-bond donors (Lipinski definition) is 3. The molecule has 0 saturated heterocycles. The Morgan fingerprint density at radius 1 is 1.27 bits per heavy atom. The first-order valence-corrected chi connectivity index (χ1v) is 9.49. The molecule has 1 unspecified atom stereocenters. The fourth-order valence-electron chi connectivity index (χ4n) is 3.81. The highest BCUT2D eigenvalue weighted by Crippen LogP contribution is 2.27. The third-order valence-corrected chi connectivity index (χ3v) is 5.19. The van der Waals surface area contributed by atoms with Gasteiger partial charge < -0.3 is 20.3 Å². The van der Waals surface area contributed by atoms with Crippen LogP contribution in [0.3, 0.4) is 0 Å². The molecule has 1 aromatic carbocycles. The van der Waals surface area contributed by atoms with Gasteiger partial charge in [0.15, 0.2) is 0 Å². The summed E-state index contributed by atoms with van der Waals surface area (Å²) in [5.41, 5.74) is 2.03. The van der Waals surface area contributed by atoms with E-state index in [9.17, 15) is 9.90 Å². The summed E-state index contributed by atoms with van der Waals surface area (Å²) in [6, 6.07) is 7.82. The summed E-state index contributed by atoms with van der Waals surface area (Å²) in [4.78, 5) is 16.5. The molecule has 1 aliphatic carbocycles. The van der Waals surface area contributed by atoms with Crippen LogP contribution >= 0.6 is 0 Å². The molecule has 0 radical (unpaired) electrons. The molecule has 2 amide bonds. The molecule has 140 valence electrons. The lowest BCUT2D eigenvalue weighted by Crippen LogP contribution is -2.46. The maximum absolute atomic E-state index is 12.4. The number of carbonyl (C=O) groups excluding carboxylic acids is 1. The van der Waals surface area contributed by atoms with Crippen molar-refractivity contribution in [2.75, 3.05) is 6.61 Å². The average molecular weight is 356 g/mol. The van der Waals surface area contributed by atoms with Gasteiger partial charge in [-0.2, -0.15) is 0 Å². The lowest BCUT2D eigenvalue weighted by molar-refractivity contribution is 0.196. The van der Waals surface area contributed by atoms with Gasteiger partial charge >= 0.3 is 6.03 Å². The van der Waals surface area contributed by atoms with Crippen LogP contribution in [0.15, 0.2) is 43.0 Å². The molecule has 6 heteroatoms. The van der Waals surface area contributed by atoms with Gasteiger partial charge in [0, 0.05) is 31.6 Å². The van der Waals surface area contributed by atoms with Crippen LogP contribution in [0.4, 0.5) is 4.79 Å². The summed E-state index contributed by atoms with van der Waals surface area (Å²) < 4.78 is 1.94. The van der Waals surface area contributed by atoms with Gasteiger partial charge in [-0.05, 0) is 36.8 Å². The van der Waals surface area contributed by atoms with Crippen molar-refractivity contribution in [3.05, 3.63) is 48.5 Å². The molecule has 26 heavy (non-hydrogen) atoms. The van der Waals surface area contributed by atoms with Crippen molar-refractivity contribution < 1.29 is 9.90 Å². The van der Waals surface area contributed by atoms with Crippen molar-refractivity contribution in [1.82, 2.24) is 20.2 Å². The van der Waals surface area contributed by atoms with Crippen LogP contribution in [0.2, 0.25) is 0 Å². The normalized spacial score (nSPS) is 16.2. The second kappa shape index (κ2) is 9.38. The number of aliphatic hydroxyl groups is 1. The number of hydrogen-bond acceptors (Lipinski definition) is 3. The lowest BCUT2D eigenvalue weighted by Gasteiger charge is -2.30.